The van der Waals surface area contributed by atoms with Crippen molar-refractivity contribution in [3.8, 4) is 0 Å². The number of aryl methyl sites for hydroxylation is 1. The molecule has 2 heterocycles. The second-order valence-electron chi connectivity index (χ2n) is 9.43. The molecule has 0 bridgehead atoms. The van der Waals surface area contributed by atoms with E-state index in [0.717, 1.165) is 62.7 Å². The molecule has 1 aromatic carbocycles. The molecule has 1 aromatic heterocycles. The lowest BCUT2D eigenvalue weighted by Crippen LogP contribution is -2.38. The Bertz CT molecular complexity index is 981. The van der Waals surface area contributed by atoms with Crippen LogP contribution < -0.4 is 5.32 Å². The van der Waals surface area contributed by atoms with Crippen LogP contribution in [0.2, 0.25) is 10.0 Å². The van der Waals surface area contributed by atoms with Crippen LogP contribution in [0.4, 0.5) is 5.69 Å². The summed E-state index contributed by atoms with van der Waals surface area (Å²) in [6.07, 6.45) is 2.86. The van der Waals surface area contributed by atoms with E-state index in [4.69, 9.17) is 44.3 Å². The summed E-state index contributed by atoms with van der Waals surface area (Å²) in [6, 6.07) is 9.20. The van der Waals surface area contributed by atoms with E-state index in [2.05, 4.69) is 10.2 Å². The van der Waals surface area contributed by atoms with Gasteiger partial charge in [-0.3, -0.25) is 4.90 Å². The molecule has 0 radical (unpaired) electrons. The molecule has 4 rings (SSSR count). The molecule has 2 aliphatic rings. The zero-order chi connectivity index (χ0) is 25.5. The van der Waals surface area contributed by atoms with Crippen LogP contribution in [0.1, 0.15) is 33.8 Å². The van der Waals surface area contributed by atoms with E-state index < -0.39 is 6.10 Å². The fourth-order valence-electron chi connectivity index (χ4n) is 5.01. The number of esters is 1. The lowest BCUT2D eigenvalue weighted by Gasteiger charge is -2.26. The van der Waals surface area contributed by atoms with Crippen molar-refractivity contribution in [1.82, 2.24) is 4.90 Å². The Morgan fingerprint density at radius 2 is 1.92 bits per heavy atom. The van der Waals surface area contributed by atoms with E-state index in [1.54, 1.807) is 6.07 Å². The average Bonchev–Trinajstić information content (AvgIpc) is 3.42. The molecule has 2 aromatic rings. The molecular formula is C26H33Cl3N2O4S. The molecule has 36 heavy (non-hydrogen) atoms. The highest BCUT2D eigenvalue weighted by molar-refractivity contribution is 7.13. The predicted octanol–water partition coefficient (Wildman–Crippen LogP) is 5.58. The normalized spacial score (nSPS) is 24.7. The SMILES string of the molecule is O=C(OCCN1CCOCC1)c1ccc(CCC[C@@H]2[C@@H](CNc3cc(Cl)cc(Cl)c3)[C@H](O)C[C@H]2Cl)s1. The smallest absolute Gasteiger partial charge is 0.348 e. The van der Waals surface area contributed by atoms with Gasteiger partial charge in [0.25, 0.3) is 0 Å². The second-order valence-corrected chi connectivity index (χ2v) is 12.0. The number of morpholine rings is 1. The third-order valence-corrected chi connectivity index (χ3v) is 9.01. The molecule has 0 spiro atoms. The predicted molar refractivity (Wildman–Crippen MR) is 147 cm³/mol. The topological polar surface area (TPSA) is 71.0 Å². The van der Waals surface area contributed by atoms with E-state index >= 15 is 0 Å². The number of rotatable bonds is 11. The van der Waals surface area contributed by atoms with E-state index in [0.29, 0.717) is 34.5 Å². The number of anilines is 1. The zero-order valence-corrected chi connectivity index (χ0v) is 23.2. The maximum absolute atomic E-state index is 12.4. The van der Waals surface area contributed by atoms with E-state index in [-0.39, 0.29) is 23.2 Å². The Morgan fingerprint density at radius 1 is 1.17 bits per heavy atom. The number of nitrogens with zero attached hydrogens (tertiary/aromatic N) is 1. The van der Waals surface area contributed by atoms with Crippen molar-refractivity contribution in [2.75, 3.05) is 51.3 Å². The van der Waals surface area contributed by atoms with Gasteiger partial charge in [0, 0.05) is 58.1 Å². The first-order chi connectivity index (χ1) is 17.4. The molecule has 1 saturated heterocycles. The summed E-state index contributed by atoms with van der Waals surface area (Å²) in [5.74, 6) is -0.00879. The minimum absolute atomic E-state index is 0.0469. The molecule has 198 valence electrons. The van der Waals surface area contributed by atoms with Crippen molar-refractivity contribution < 1.29 is 19.4 Å². The lowest BCUT2D eigenvalue weighted by atomic mass is 9.89. The molecule has 2 fully saturated rings. The molecule has 1 aliphatic carbocycles. The van der Waals surface area contributed by atoms with Gasteiger partial charge in [-0.1, -0.05) is 23.2 Å². The van der Waals surface area contributed by atoms with Gasteiger partial charge in [-0.05, 0) is 61.9 Å². The van der Waals surface area contributed by atoms with Crippen LogP contribution in [0.5, 0.6) is 0 Å². The van der Waals surface area contributed by atoms with Gasteiger partial charge in [-0.25, -0.2) is 4.79 Å². The van der Waals surface area contributed by atoms with E-state index in [1.165, 1.54) is 11.3 Å². The number of halogens is 3. The number of ether oxygens (including phenoxy) is 2. The molecular weight excluding hydrogens is 543 g/mol. The van der Waals surface area contributed by atoms with Crippen LogP contribution in [0, 0.1) is 11.8 Å². The molecule has 1 aliphatic heterocycles. The van der Waals surface area contributed by atoms with Gasteiger partial charge in [0.15, 0.2) is 0 Å². The number of nitrogens with one attached hydrogen (secondary N) is 1. The second kappa shape index (κ2) is 13.7. The molecule has 2 N–H and O–H groups in total. The van der Waals surface area contributed by atoms with E-state index in [9.17, 15) is 9.90 Å². The van der Waals surface area contributed by atoms with Crippen molar-refractivity contribution in [2.24, 2.45) is 11.8 Å². The maximum Gasteiger partial charge on any atom is 0.348 e. The number of aliphatic hydroxyl groups is 1. The van der Waals surface area contributed by atoms with Crippen molar-refractivity contribution in [3.05, 3.63) is 50.1 Å². The molecule has 0 amide bonds. The van der Waals surface area contributed by atoms with Gasteiger partial charge in [-0.15, -0.1) is 22.9 Å². The maximum atomic E-state index is 12.4. The van der Waals surface area contributed by atoms with Crippen molar-refractivity contribution in [1.29, 1.82) is 0 Å². The third kappa shape index (κ3) is 7.97. The molecule has 6 nitrogen and oxygen atoms in total. The number of benzene rings is 1. The van der Waals surface area contributed by atoms with Gasteiger partial charge in [-0.2, -0.15) is 0 Å². The quantitative estimate of drug-likeness (QED) is 0.269. The third-order valence-electron chi connectivity index (χ3n) is 6.95. The molecule has 1 saturated carbocycles. The van der Waals surface area contributed by atoms with Crippen LogP contribution in [0.15, 0.2) is 30.3 Å². The van der Waals surface area contributed by atoms with Crippen LogP contribution in [-0.4, -0.2) is 73.5 Å². The summed E-state index contributed by atoms with van der Waals surface area (Å²) in [5.41, 5.74) is 0.833. The Labute approximate surface area is 231 Å². The number of hydrogen-bond donors (Lipinski definition) is 2. The van der Waals surface area contributed by atoms with Crippen LogP contribution in [-0.2, 0) is 15.9 Å². The summed E-state index contributed by atoms with van der Waals surface area (Å²) < 4.78 is 10.8. The number of carbonyl (C=O) groups is 1. The van der Waals surface area contributed by atoms with E-state index in [1.807, 2.05) is 24.3 Å². The van der Waals surface area contributed by atoms with Gasteiger partial charge < -0.3 is 19.9 Å². The molecule has 0 unspecified atom stereocenters. The summed E-state index contributed by atoms with van der Waals surface area (Å²) in [7, 11) is 0. The number of carbonyl (C=O) groups excluding carboxylic acids is 1. The van der Waals surface area contributed by atoms with Gasteiger partial charge in [0.1, 0.15) is 11.5 Å². The number of hydrogen-bond acceptors (Lipinski definition) is 7. The number of thiophene rings is 1. The summed E-state index contributed by atoms with van der Waals surface area (Å²) in [4.78, 5) is 16.5. The van der Waals surface area contributed by atoms with Crippen LogP contribution >= 0.6 is 46.1 Å². The monoisotopic (exact) mass is 574 g/mol. The Balaban J connectivity index is 1.21. The first kappa shape index (κ1) is 28.0. The Kier molecular flexibility index (Phi) is 10.6. The highest BCUT2D eigenvalue weighted by Crippen LogP contribution is 2.39. The first-order valence-electron chi connectivity index (χ1n) is 12.5. The highest BCUT2D eigenvalue weighted by Gasteiger charge is 2.40. The minimum Gasteiger partial charge on any atom is -0.460 e. The number of aliphatic hydroxyl groups excluding tert-OH is 1. The van der Waals surface area contributed by atoms with Crippen LogP contribution in [0.25, 0.3) is 0 Å². The van der Waals surface area contributed by atoms with Gasteiger partial charge in [0.2, 0.25) is 0 Å². The van der Waals surface area contributed by atoms with Crippen molar-refractivity contribution in [3.63, 3.8) is 0 Å². The van der Waals surface area contributed by atoms with Crippen molar-refractivity contribution >= 4 is 57.8 Å². The van der Waals surface area contributed by atoms with Gasteiger partial charge in [0.05, 0.1) is 19.3 Å². The Hall–Kier alpha value is -1.06. The fraction of sp³-hybridized carbons (Fsp3) is 0.577. The largest absolute Gasteiger partial charge is 0.460 e. The van der Waals surface area contributed by atoms with Crippen LogP contribution in [0.3, 0.4) is 0 Å². The lowest BCUT2D eigenvalue weighted by molar-refractivity contribution is 0.0197. The minimum atomic E-state index is -0.444. The zero-order valence-electron chi connectivity index (χ0n) is 20.1. The van der Waals surface area contributed by atoms with Gasteiger partial charge >= 0.3 is 5.97 Å². The highest BCUT2D eigenvalue weighted by atomic mass is 35.5. The standard InChI is InChI=1S/C26H33Cl3N2O4S/c27-17-12-18(28)14-19(13-17)30-16-22-21(23(29)15-24(22)32)3-1-2-20-4-5-25(36-20)26(33)35-11-8-31-6-9-34-10-7-31/h4-5,12-14,21-24,30,32H,1-3,6-11,15-16H2/t21-,22-,23-,24-/m1/s1. The number of alkyl halides is 1. The first-order valence-corrected chi connectivity index (χ1v) is 14.5. The summed E-state index contributed by atoms with van der Waals surface area (Å²) in [6.45, 7) is 4.97. The fourth-order valence-corrected chi connectivity index (χ4v) is 6.97. The Morgan fingerprint density at radius 3 is 2.67 bits per heavy atom. The summed E-state index contributed by atoms with van der Waals surface area (Å²) in [5, 5.41) is 15.1. The summed E-state index contributed by atoms with van der Waals surface area (Å²) >= 11 is 20.3. The van der Waals surface area contributed by atoms with Crippen molar-refractivity contribution in [2.45, 2.75) is 37.2 Å². The average molecular weight is 576 g/mol. The molecule has 10 heteroatoms. The molecule has 4 atom stereocenters.